The number of nitrogens with two attached hydrogens (primary N) is 1. The average molecular weight is 292 g/mol. The van der Waals surface area contributed by atoms with E-state index < -0.39 is 21.5 Å². The standard InChI is InChI=1S/C13H28N2O3S/c1-4-5-6-7-19(17,18)10-13(16)15-12(9-14)8-11(2)3/h11-12H,4-10,14H2,1-3H3,(H,15,16). The van der Waals surface area contributed by atoms with Crippen LogP contribution in [-0.4, -0.2) is 38.4 Å². The lowest BCUT2D eigenvalue weighted by Gasteiger charge is -2.18. The van der Waals surface area contributed by atoms with E-state index in [-0.39, 0.29) is 11.8 Å². The van der Waals surface area contributed by atoms with Crippen LogP contribution < -0.4 is 11.1 Å². The molecule has 1 amide bonds. The van der Waals surface area contributed by atoms with Crippen molar-refractivity contribution in [2.75, 3.05) is 18.1 Å². The van der Waals surface area contributed by atoms with Crippen LogP contribution in [0.5, 0.6) is 0 Å². The van der Waals surface area contributed by atoms with Crippen molar-refractivity contribution in [1.29, 1.82) is 0 Å². The van der Waals surface area contributed by atoms with Crippen molar-refractivity contribution >= 4 is 15.7 Å². The largest absolute Gasteiger partial charge is 0.351 e. The van der Waals surface area contributed by atoms with Crippen LogP contribution in [0.4, 0.5) is 0 Å². The van der Waals surface area contributed by atoms with E-state index in [1.165, 1.54) is 0 Å². The molecule has 114 valence electrons. The van der Waals surface area contributed by atoms with E-state index in [4.69, 9.17) is 5.73 Å². The Morgan fingerprint density at radius 3 is 2.37 bits per heavy atom. The number of carbonyl (C=O) groups excluding carboxylic acids is 1. The van der Waals surface area contributed by atoms with E-state index in [0.29, 0.717) is 18.9 Å². The van der Waals surface area contributed by atoms with Crippen molar-refractivity contribution in [3.8, 4) is 0 Å². The fraction of sp³-hybridized carbons (Fsp3) is 0.923. The molecule has 0 bridgehead atoms. The summed E-state index contributed by atoms with van der Waals surface area (Å²) in [7, 11) is -3.29. The Bertz CT molecular complexity index is 353. The Morgan fingerprint density at radius 1 is 1.26 bits per heavy atom. The molecule has 1 unspecified atom stereocenters. The van der Waals surface area contributed by atoms with Crippen LogP contribution in [0.15, 0.2) is 0 Å². The maximum atomic E-state index is 11.7. The minimum Gasteiger partial charge on any atom is -0.351 e. The summed E-state index contributed by atoms with van der Waals surface area (Å²) in [5.74, 6) is -0.362. The van der Waals surface area contributed by atoms with Gasteiger partial charge in [-0.25, -0.2) is 8.42 Å². The van der Waals surface area contributed by atoms with Gasteiger partial charge in [-0.15, -0.1) is 0 Å². The minimum absolute atomic E-state index is 0.0890. The summed E-state index contributed by atoms with van der Waals surface area (Å²) in [6.07, 6.45) is 3.22. The fourth-order valence-electron chi connectivity index (χ4n) is 1.90. The molecule has 1 atom stereocenters. The maximum absolute atomic E-state index is 11.7. The SMILES string of the molecule is CCCCCS(=O)(=O)CC(=O)NC(CN)CC(C)C. The van der Waals surface area contributed by atoms with Gasteiger partial charge in [0.2, 0.25) is 5.91 Å². The Labute approximate surface area is 117 Å². The third-order valence-electron chi connectivity index (χ3n) is 2.82. The summed E-state index contributed by atoms with van der Waals surface area (Å²) < 4.78 is 23.4. The molecule has 0 aromatic rings. The molecule has 0 radical (unpaired) electrons. The molecule has 0 aliphatic heterocycles. The van der Waals surface area contributed by atoms with Crippen LogP contribution in [0.1, 0.15) is 46.5 Å². The number of carbonyl (C=O) groups is 1. The second-order valence-corrected chi connectivity index (χ2v) is 7.61. The third kappa shape index (κ3) is 9.90. The highest BCUT2D eigenvalue weighted by Gasteiger charge is 2.19. The zero-order chi connectivity index (χ0) is 14.9. The van der Waals surface area contributed by atoms with Gasteiger partial charge in [-0.2, -0.15) is 0 Å². The Hall–Kier alpha value is -0.620. The molecule has 0 heterocycles. The van der Waals surface area contributed by atoms with E-state index in [1.54, 1.807) is 0 Å². The van der Waals surface area contributed by atoms with Gasteiger partial charge >= 0.3 is 0 Å². The molecule has 0 spiro atoms. The number of nitrogens with one attached hydrogen (secondary N) is 1. The van der Waals surface area contributed by atoms with Gasteiger partial charge in [0.15, 0.2) is 9.84 Å². The summed E-state index contributed by atoms with van der Waals surface area (Å²) >= 11 is 0. The van der Waals surface area contributed by atoms with Crippen LogP contribution in [0, 0.1) is 5.92 Å². The molecule has 0 aliphatic carbocycles. The van der Waals surface area contributed by atoms with Gasteiger partial charge in [-0.1, -0.05) is 33.6 Å². The molecular weight excluding hydrogens is 264 g/mol. The van der Waals surface area contributed by atoms with Crippen molar-refractivity contribution in [2.45, 2.75) is 52.5 Å². The Balaban J connectivity index is 4.20. The lowest BCUT2D eigenvalue weighted by atomic mass is 10.0. The molecule has 0 saturated carbocycles. The number of sulfone groups is 1. The monoisotopic (exact) mass is 292 g/mol. The number of hydrogen-bond donors (Lipinski definition) is 2. The van der Waals surface area contributed by atoms with E-state index in [9.17, 15) is 13.2 Å². The van der Waals surface area contributed by atoms with E-state index in [0.717, 1.165) is 19.3 Å². The van der Waals surface area contributed by atoms with Crippen molar-refractivity contribution in [1.82, 2.24) is 5.32 Å². The quantitative estimate of drug-likeness (QED) is 0.590. The molecule has 0 aromatic carbocycles. The van der Waals surface area contributed by atoms with Crippen molar-refractivity contribution in [3.63, 3.8) is 0 Å². The first-order chi connectivity index (χ1) is 8.80. The number of unbranched alkanes of at least 4 members (excludes halogenated alkanes) is 2. The highest BCUT2D eigenvalue weighted by atomic mass is 32.2. The Kier molecular flexibility index (Phi) is 9.01. The van der Waals surface area contributed by atoms with E-state index in [2.05, 4.69) is 5.32 Å². The van der Waals surface area contributed by atoms with Gasteiger partial charge in [0.25, 0.3) is 0 Å². The molecule has 0 saturated heterocycles. The molecule has 19 heavy (non-hydrogen) atoms. The van der Waals surface area contributed by atoms with E-state index >= 15 is 0 Å². The lowest BCUT2D eigenvalue weighted by Crippen LogP contribution is -2.43. The van der Waals surface area contributed by atoms with Gasteiger partial charge in [0, 0.05) is 12.6 Å². The topological polar surface area (TPSA) is 89.3 Å². The molecule has 0 rings (SSSR count). The maximum Gasteiger partial charge on any atom is 0.235 e. The Morgan fingerprint density at radius 2 is 1.89 bits per heavy atom. The molecule has 5 nitrogen and oxygen atoms in total. The zero-order valence-corrected chi connectivity index (χ0v) is 13.1. The van der Waals surface area contributed by atoms with Crippen LogP contribution >= 0.6 is 0 Å². The minimum atomic E-state index is -3.29. The van der Waals surface area contributed by atoms with Gasteiger partial charge in [0.05, 0.1) is 5.75 Å². The van der Waals surface area contributed by atoms with Crippen molar-refractivity contribution in [3.05, 3.63) is 0 Å². The third-order valence-corrected chi connectivity index (χ3v) is 4.43. The lowest BCUT2D eigenvalue weighted by molar-refractivity contribution is -0.119. The predicted octanol–water partition coefficient (Wildman–Crippen LogP) is 1.08. The smallest absolute Gasteiger partial charge is 0.235 e. The number of rotatable bonds is 10. The van der Waals surface area contributed by atoms with Gasteiger partial charge in [0.1, 0.15) is 5.75 Å². The molecule has 6 heteroatoms. The van der Waals surface area contributed by atoms with E-state index in [1.807, 2.05) is 20.8 Å². The van der Waals surface area contributed by atoms with Gasteiger partial charge in [-0.3, -0.25) is 4.79 Å². The number of amides is 1. The van der Waals surface area contributed by atoms with Gasteiger partial charge in [-0.05, 0) is 18.8 Å². The summed E-state index contributed by atoms with van der Waals surface area (Å²) in [5, 5.41) is 2.70. The average Bonchev–Trinajstić information content (AvgIpc) is 2.26. The normalized spacial score (nSPS) is 13.5. The van der Waals surface area contributed by atoms with Crippen LogP contribution in [0.25, 0.3) is 0 Å². The first-order valence-electron chi connectivity index (χ1n) is 7.00. The summed E-state index contributed by atoms with van der Waals surface area (Å²) in [6, 6.07) is -0.140. The molecule has 3 N–H and O–H groups in total. The predicted molar refractivity (Wildman–Crippen MR) is 78.6 cm³/mol. The first-order valence-corrected chi connectivity index (χ1v) is 8.82. The van der Waals surface area contributed by atoms with Crippen LogP contribution in [0.3, 0.4) is 0 Å². The molecule has 0 fully saturated rings. The molecular formula is C13H28N2O3S. The van der Waals surface area contributed by atoms with Crippen LogP contribution in [0.2, 0.25) is 0 Å². The summed E-state index contributed by atoms with van der Waals surface area (Å²) in [5.41, 5.74) is 5.57. The highest BCUT2D eigenvalue weighted by Crippen LogP contribution is 2.04. The van der Waals surface area contributed by atoms with Gasteiger partial charge < -0.3 is 11.1 Å². The molecule has 0 aliphatic rings. The van der Waals surface area contributed by atoms with Crippen LogP contribution in [-0.2, 0) is 14.6 Å². The number of hydrogen-bond acceptors (Lipinski definition) is 4. The zero-order valence-electron chi connectivity index (χ0n) is 12.3. The fourth-order valence-corrected chi connectivity index (χ4v) is 3.17. The van der Waals surface area contributed by atoms with Crippen molar-refractivity contribution < 1.29 is 13.2 Å². The molecule has 0 aromatic heterocycles. The second-order valence-electron chi connectivity index (χ2n) is 5.43. The summed E-state index contributed by atoms with van der Waals surface area (Å²) in [4.78, 5) is 11.7. The second kappa shape index (κ2) is 9.31. The first kappa shape index (κ1) is 18.4. The summed E-state index contributed by atoms with van der Waals surface area (Å²) in [6.45, 7) is 6.42. The van der Waals surface area contributed by atoms with Crippen molar-refractivity contribution in [2.24, 2.45) is 11.7 Å². The highest BCUT2D eigenvalue weighted by molar-refractivity contribution is 7.92.